The van der Waals surface area contributed by atoms with Crippen LogP contribution in [0.5, 0.6) is 0 Å². The van der Waals surface area contributed by atoms with Crippen LogP contribution in [0.25, 0.3) is 0 Å². The summed E-state index contributed by atoms with van der Waals surface area (Å²) in [4.78, 5) is 0. The van der Waals surface area contributed by atoms with E-state index in [9.17, 15) is 4.39 Å². The molecule has 13 heavy (non-hydrogen) atoms. The zero-order valence-electron chi connectivity index (χ0n) is 6.63. The van der Waals surface area contributed by atoms with Gasteiger partial charge in [-0.3, -0.25) is 0 Å². The van der Waals surface area contributed by atoms with Crippen molar-refractivity contribution >= 4 is 11.6 Å². The van der Waals surface area contributed by atoms with Gasteiger partial charge in [-0.1, -0.05) is 29.8 Å². The minimum Gasteiger partial charge on any atom is -0.357 e. The van der Waals surface area contributed by atoms with Gasteiger partial charge < -0.3 is 4.74 Å². The maximum atomic E-state index is 13.5. The standard InChI is InChI=1S/C10H6ClFO/c11-6-2-1-5-7-3-4-8(13-7)9(5)10(6)12/h1-4,7-8H. The highest BCUT2D eigenvalue weighted by Crippen LogP contribution is 2.47. The van der Waals surface area contributed by atoms with Gasteiger partial charge in [0.05, 0.1) is 5.02 Å². The van der Waals surface area contributed by atoms with Crippen LogP contribution in [0.4, 0.5) is 4.39 Å². The maximum Gasteiger partial charge on any atom is 0.148 e. The molecule has 2 unspecified atom stereocenters. The fourth-order valence-electron chi connectivity index (χ4n) is 1.91. The SMILES string of the molecule is Fc1c(Cl)ccc2c1C1C=CC2O1. The third-order valence-electron chi connectivity index (χ3n) is 2.51. The lowest BCUT2D eigenvalue weighted by molar-refractivity contribution is 0.0867. The Bertz CT molecular complexity index is 414. The summed E-state index contributed by atoms with van der Waals surface area (Å²) >= 11 is 5.67. The third kappa shape index (κ3) is 0.847. The van der Waals surface area contributed by atoms with Crippen LogP contribution in [-0.2, 0) is 4.74 Å². The Hall–Kier alpha value is -0.860. The minimum atomic E-state index is -0.337. The number of hydrogen-bond acceptors (Lipinski definition) is 1. The molecule has 0 amide bonds. The minimum absolute atomic E-state index is 0.0632. The van der Waals surface area contributed by atoms with Gasteiger partial charge in [0, 0.05) is 5.56 Å². The summed E-state index contributed by atoms with van der Waals surface area (Å²) in [5.74, 6) is -0.337. The number of benzene rings is 1. The average Bonchev–Trinajstić information content (AvgIpc) is 2.70. The molecule has 2 heterocycles. The van der Waals surface area contributed by atoms with E-state index in [1.807, 2.05) is 18.2 Å². The largest absolute Gasteiger partial charge is 0.357 e. The van der Waals surface area contributed by atoms with Crippen molar-refractivity contribution in [3.8, 4) is 0 Å². The van der Waals surface area contributed by atoms with Crippen LogP contribution < -0.4 is 0 Å². The van der Waals surface area contributed by atoms with Crippen molar-refractivity contribution in [3.63, 3.8) is 0 Å². The van der Waals surface area contributed by atoms with E-state index in [1.165, 1.54) is 0 Å². The van der Waals surface area contributed by atoms with Crippen LogP contribution in [0, 0.1) is 5.82 Å². The Morgan fingerprint density at radius 2 is 2.00 bits per heavy atom. The zero-order valence-corrected chi connectivity index (χ0v) is 7.38. The molecule has 0 spiro atoms. The van der Waals surface area contributed by atoms with Crippen molar-refractivity contribution in [1.29, 1.82) is 0 Å². The molecule has 2 atom stereocenters. The van der Waals surface area contributed by atoms with Crippen LogP contribution in [0.2, 0.25) is 5.02 Å². The summed E-state index contributed by atoms with van der Waals surface area (Å²) in [5.41, 5.74) is 1.52. The Labute approximate surface area is 79.8 Å². The van der Waals surface area contributed by atoms with Gasteiger partial charge in [0.2, 0.25) is 0 Å². The van der Waals surface area contributed by atoms with Gasteiger partial charge in [-0.15, -0.1) is 0 Å². The summed E-state index contributed by atoms with van der Waals surface area (Å²) in [6.45, 7) is 0. The van der Waals surface area contributed by atoms with E-state index >= 15 is 0 Å². The summed E-state index contributed by atoms with van der Waals surface area (Å²) in [6.07, 6.45) is 3.53. The molecule has 2 aliphatic rings. The molecule has 3 rings (SSSR count). The van der Waals surface area contributed by atoms with Crippen LogP contribution in [0.3, 0.4) is 0 Å². The fraction of sp³-hybridized carbons (Fsp3) is 0.200. The van der Waals surface area contributed by atoms with Gasteiger partial charge >= 0.3 is 0 Å². The second-order valence-electron chi connectivity index (χ2n) is 3.23. The number of rotatable bonds is 0. The Morgan fingerprint density at radius 3 is 2.85 bits per heavy atom. The highest BCUT2D eigenvalue weighted by atomic mass is 35.5. The Kier molecular flexibility index (Phi) is 1.35. The molecule has 66 valence electrons. The molecule has 0 saturated carbocycles. The third-order valence-corrected chi connectivity index (χ3v) is 2.80. The molecule has 2 aliphatic heterocycles. The predicted molar refractivity (Wildman–Crippen MR) is 47.1 cm³/mol. The molecule has 1 aromatic carbocycles. The van der Waals surface area contributed by atoms with Gasteiger partial charge in [-0.25, -0.2) is 4.39 Å². The number of halogens is 2. The van der Waals surface area contributed by atoms with E-state index in [0.29, 0.717) is 5.56 Å². The van der Waals surface area contributed by atoms with E-state index in [1.54, 1.807) is 6.07 Å². The number of hydrogen-bond donors (Lipinski definition) is 0. The van der Waals surface area contributed by atoms with E-state index in [2.05, 4.69) is 0 Å². The topological polar surface area (TPSA) is 9.23 Å². The Balaban J connectivity index is 2.30. The summed E-state index contributed by atoms with van der Waals surface area (Å²) in [5, 5.41) is 0.170. The predicted octanol–water partition coefficient (Wildman–Crippen LogP) is 3.16. The van der Waals surface area contributed by atoms with Crippen molar-refractivity contribution < 1.29 is 9.13 Å². The van der Waals surface area contributed by atoms with Gasteiger partial charge in [0.25, 0.3) is 0 Å². The first-order valence-electron chi connectivity index (χ1n) is 4.09. The average molecular weight is 197 g/mol. The van der Waals surface area contributed by atoms with Crippen LogP contribution >= 0.6 is 11.6 Å². The molecule has 0 saturated heterocycles. The molecule has 1 nitrogen and oxygen atoms in total. The van der Waals surface area contributed by atoms with Gasteiger partial charge in [-0.05, 0) is 11.6 Å². The van der Waals surface area contributed by atoms with Crippen molar-refractivity contribution in [1.82, 2.24) is 0 Å². The molecule has 0 fully saturated rings. The van der Waals surface area contributed by atoms with Gasteiger partial charge in [0.15, 0.2) is 0 Å². The van der Waals surface area contributed by atoms with Crippen molar-refractivity contribution in [3.05, 3.63) is 46.3 Å². The highest BCUT2D eigenvalue weighted by molar-refractivity contribution is 6.30. The van der Waals surface area contributed by atoms with Crippen LogP contribution in [0.1, 0.15) is 23.3 Å². The molecular formula is C10H6ClFO. The summed E-state index contributed by atoms with van der Waals surface area (Å²) in [7, 11) is 0. The fourth-order valence-corrected chi connectivity index (χ4v) is 2.08. The molecule has 0 aromatic heterocycles. The quantitative estimate of drug-likeness (QED) is 0.580. The maximum absolute atomic E-state index is 13.5. The van der Waals surface area contributed by atoms with Crippen LogP contribution in [0.15, 0.2) is 24.3 Å². The Morgan fingerprint density at radius 1 is 1.23 bits per heavy atom. The highest BCUT2D eigenvalue weighted by Gasteiger charge is 2.36. The first-order chi connectivity index (χ1) is 6.27. The summed E-state index contributed by atoms with van der Waals surface area (Å²) in [6, 6.07) is 3.41. The molecule has 0 aliphatic carbocycles. The monoisotopic (exact) mass is 196 g/mol. The van der Waals surface area contributed by atoms with E-state index in [4.69, 9.17) is 16.3 Å². The molecule has 3 heteroatoms. The molecule has 0 N–H and O–H groups in total. The van der Waals surface area contributed by atoms with Crippen molar-refractivity contribution in [2.75, 3.05) is 0 Å². The molecule has 1 aromatic rings. The lowest BCUT2D eigenvalue weighted by Gasteiger charge is -2.08. The van der Waals surface area contributed by atoms with E-state index in [-0.39, 0.29) is 23.0 Å². The van der Waals surface area contributed by atoms with Gasteiger partial charge in [0.1, 0.15) is 18.0 Å². The summed E-state index contributed by atoms with van der Waals surface area (Å²) < 4.78 is 19.0. The molecule has 2 bridgehead atoms. The molecule has 0 radical (unpaired) electrons. The normalized spacial score (nSPS) is 28.2. The second kappa shape index (κ2) is 2.34. The first kappa shape index (κ1) is 7.54. The van der Waals surface area contributed by atoms with Gasteiger partial charge in [-0.2, -0.15) is 0 Å². The van der Waals surface area contributed by atoms with E-state index in [0.717, 1.165) is 5.56 Å². The zero-order chi connectivity index (χ0) is 9.00. The first-order valence-corrected chi connectivity index (χ1v) is 4.47. The second-order valence-corrected chi connectivity index (χ2v) is 3.63. The lowest BCUT2D eigenvalue weighted by Crippen LogP contribution is -1.97. The lowest BCUT2D eigenvalue weighted by atomic mass is 9.96. The smallest absolute Gasteiger partial charge is 0.148 e. The van der Waals surface area contributed by atoms with Crippen LogP contribution in [-0.4, -0.2) is 0 Å². The van der Waals surface area contributed by atoms with Crippen molar-refractivity contribution in [2.24, 2.45) is 0 Å². The number of ether oxygens (including phenoxy) is 1. The van der Waals surface area contributed by atoms with Crippen molar-refractivity contribution in [2.45, 2.75) is 12.2 Å². The van der Waals surface area contributed by atoms with E-state index < -0.39 is 0 Å². The number of fused-ring (bicyclic) bond motifs is 5. The molecular weight excluding hydrogens is 191 g/mol.